The molecule has 0 aromatic heterocycles. The molecule has 0 amide bonds. The molecule has 132 valence electrons. The minimum Gasteiger partial charge on any atom is -0.466 e. The number of hydrogen-bond donors (Lipinski definition) is 0. The summed E-state index contributed by atoms with van der Waals surface area (Å²) in [5, 5.41) is 0. The van der Waals surface area contributed by atoms with E-state index < -0.39 is 24.1 Å². The van der Waals surface area contributed by atoms with Crippen LogP contribution in [0.3, 0.4) is 0 Å². The molecule has 4 fully saturated rings. The van der Waals surface area contributed by atoms with Crippen LogP contribution in [0.2, 0.25) is 0 Å². The first kappa shape index (κ1) is 14.5. The van der Waals surface area contributed by atoms with Crippen molar-refractivity contribution in [1.29, 1.82) is 0 Å². The van der Waals surface area contributed by atoms with Gasteiger partial charge >= 0.3 is 11.9 Å². The fourth-order valence-corrected chi connectivity index (χ4v) is 6.26. The average molecular weight is 346 g/mol. The number of ether oxygens (including phenoxy) is 5. The summed E-state index contributed by atoms with van der Waals surface area (Å²) < 4.78 is 28.4. The van der Waals surface area contributed by atoms with Gasteiger partial charge in [-0.15, -0.1) is 0 Å². The summed E-state index contributed by atoms with van der Waals surface area (Å²) in [4.78, 5) is 24.7. The highest BCUT2D eigenvalue weighted by Gasteiger charge is 2.75. The number of esters is 2. The quantitative estimate of drug-likeness (QED) is 0.514. The smallest absolute Gasteiger partial charge is 0.337 e. The zero-order valence-electron chi connectivity index (χ0n) is 13.8. The lowest BCUT2D eigenvalue weighted by Crippen LogP contribution is -2.49. The zero-order valence-corrected chi connectivity index (χ0v) is 13.8. The highest BCUT2D eigenvalue weighted by atomic mass is 16.6. The molecule has 0 aromatic carbocycles. The summed E-state index contributed by atoms with van der Waals surface area (Å²) in [5.74, 6) is -0.288. The highest BCUT2D eigenvalue weighted by molar-refractivity contribution is 6.03. The van der Waals surface area contributed by atoms with E-state index in [0.717, 1.165) is 0 Å². The predicted molar refractivity (Wildman–Crippen MR) is 80.1 cm³/mol. The van der Waals surface area contributed by atoms with Gasteiger partial charge in [-0.1, -0.05) is 12.2 Å². The molecule has 0 aliphatic carbocycles. The van der Waals surface area contributed by atoms with Gasteiger partial charge in [-0.05, 0) is 0 Å². The Balaban J connectivity index is 1.44. The van der Waals surface area contributed by atoms with Gasteiger partial charge in [0, 0.05) is 23.7 Å². The molecule has 7 heteroatoms. The van der Waals surface area contributed by atoms with Crippen molar-refractivity contribution in [3.05, 3.63) is 23.3 Å². The van der Waals surface area contributed by atoms with Crippen LogP contribution >= 0.6 is 0 Å². The number of methoxy groups -OCH3 is 2. The van der Waals surface area contributed by atoms with Crippen LogP contribution in [0.25, 0.3) is 0 Å². The van der Waals surface area contributed by atoms with Gasteiger partial charge in [-0.25, -0.2) is 9.59 Å². The van der Waals surface area contributed by atoms with Crippen LogP contribution < -0.4 is 0 Å². The number of hydrogen-bond acceptors (Lipinski definition) is 7. The van der Waals surface area contributed by atoms with Gasteiger partial charge in [0.1, 0.15) is 0 Å². The Hall–Kier alpha value is -1.70. The third-order valence-corrected chi connectivity index (χ3v) is 6.95. The molecule has 10 atom stereocenters. The number of rotatable bonds is 2. The Morgan fingerprint density at radius 3 is 1.68 bits per heavy atom. The van der Waals surface area contributed by atoms with Crippen molar-refractivity contribution in [2.24, 2.45) is 23.7 Å². The van der Waals surface area contributed by atoms with Gasteiger partial charge in [0.15, 0.2) is 0 Å². The molecule has 7 nitrogen and oxygen atoms in total. The summed E-state index contributed by atoms with van der Waals surface area (Å²) in [6, 6.07) is 0. The minimum absolute atomic E-state index is 0.00574. The van der Waals surface area contributed by atoms with Crippen LogP contribution in [0.1, 0.15) is 0 Å². The lowest BCUT2D eigenvalue weighted by molar-refractivity contribution is -0.140. The number of carbonyl (C=O) groups excluding carboxylic acids is 2. The molecule has 0 saturated carbocycles. The summed E-state index contributed by atoms with van der Waals surface area (Å²) >= 11 is 0. The molecule has 0 N–H and O–H groups in total. The molecule has 6 aliphatic heterocycles. The predicted octanol–water partition coefficient (Wildman–Crippen LogP) is -0.00700. The van der Waals surface area contributed by atoms with E-state index in [1.807, 2.05) is 0 Å². The maximum absolute atomic E-state index is 12.3. The van der Waals surface area contributed by atoms with E-state index in [0.29, 0.717) is 23.0 Å². The summed E-state index contributed by atoms with van der Waals surface area (Å²) in [7, 11) is 2.63. The van der Waals surface area contributed by atoms with Gasteiger partial charge in [0.25, 0.3) is 0 Å². The molecule has 6 heterocycles. The number of carbonyl (C=O) groups is 2. The first-order valence-electron chi connectivity index (χ1n) is 8.71. The van der Waals surface area contributed by atoms with Crippen LogP contribution in [0.5, 0.6) is 0 Å². The van der Waals surface area contributed by atoms with E-state index in [-0.39, 0.29) is 36.3 Å². The molecule has 0 radical (unpaired) electrons. The molecule has 6 bridgehead atoms. The molecule has 4 saturated heterocycles. The van der Waals surface area contributed by atoms with Crippen molar-refractivity contribution in [3.8, 4) is 0 Å². The molecule has 0 spiro atoms. The third-order valence-electron chi connectivity index (χ3n) is 6.95. The number of fused-ring (bicyclic) bond motifs is 16. The van der Waals surface area contributed by atoms with Crippen molar-refractivity contribution < 1.29 is 33.3 Å². The second kappa shape index (κ2) is 4.52. The van der Waals surface area contributed by atoms with E-state index in [4.69, 9.17) is 23.7 Å². The van der Waals surface area contributed by atoms with Crippen molar-refractivity contribution >= 4 is 11.9 Å². The normalized spacial score (nSPS) is 52.7. The summed E-state index contributed by atoms with van der Waals surface area (Å²) in [6.07, 6.45) is 3.49. The zero-order chi connectivity index (χ0) is 17.0. The van der Waals surface area contributed by atoms with E-state index in [2.05, 4.69) is 12.2 Å². The minimum atomic E-state index is -0.519. The molecule has 25 heavy (non-hydrogen) atoms. The Bertz CT molecular complexity index is 697. The largest absolute Gasteiger partial charge is 0.466 e. The maximum atomic E-state index is 12.3. The van der Waals surface area contributed by atoms with Gasteiger partial charge in [0.05, 0.1) is 62.0 Å². The summed E-state index contributed by atoms with van der Waals surface area (Å²) in [6.45, 7) is 0. The third kappa shape index (κ3) is 1.46. The monoisotopic (exact) mass is 346 g/mol. The van der Waals surface area contributed by atoms with Crippen molar-refractivity contribution in [3.63, 3.8) is 0 Å². The Kier molecular flexibility index (Phi) is 2.62. The highest BCUT2D eigenvalue weighted by Crippen LogP contribution is 2.65. The Morgan fingerprint density at radius 1 is 0.760 bits per heavy atom. The first-order chi connectivity index (χ1) is 12.2. The summed E-state index contributed by atoms with van der Waals surface area (Å²) in [5.41, 5.74) is 0.626. The standard InChI is InChI=1S/C18H18O7/c1-21-17(19)11-12(18(20)22-2)16-10-9(15(11)25-16)13-7-5-3-4-6(23-5)8(7)14(10)24-13/h3-10,13-16H,1-2H3/t5-,6-,7-,8-,9+,10+,13+,14+,15+,16+/m1/s1. The molecule has 6 rings (SSSR count). The second-order valence-electron chi connectivity index (χ2n) is 7.61. The van der Waals surface area contributed by atoms with Crippen molar-refractivity contribution in [1.82, 2.24) is 0 Å². The average Bonchev–Trinajstić information content (AvgIpc) is 3.42. The maximum Gasteiger partial charge on any atom is 0.337 e. The van der Waals surface area contributed by atoms with Gasteiger partial charge in [0.2, 0.25) is 0 Å². The van der Waals surface area contributed by atoms with E-state index in [1.165, 1.54) is 14.2 Å². The van der Waals surface area contributed by atoms with E-state index in [9.17, 15) is 9.59 Å². The second-order valence-corrected chi connectivity index (χ2v) is 7.61. The SMILES string of the molecule is COC(=O)C1=C(C(=O)OC)[C@H]2O[C@H]1[C@@H]1[C@H]3O[C@H]([C@H]12)[C@H]1[C@H]3[C@H]2C=C[C@H]1O2. The van der Waals surface area contributed by atoms with Crippen LogP contribution in [0.4, 0.5) is 0 Å². The lowest BCUT2D eigenvalue weighted by Gasteiger charge is -2.37. The lowest BCUT2D eigenvalue weighted by atomic mass is 9.60. The van der Waals surface area contributed by atoms with Crippen LogP contribution in [-0.4, -0.2) is 62.8 Å². The van der Waals surface area contributed by atoms with Crippen LogP contribution in [-0.2, 0) is 33.3 Å². The van der Waals surface area contributed by atoms with Gasteiger partial charge < -0.3 is 23.7 Å². The van der Waals surface area contributed by atoms with Crippen LogP contribution in [0.15, 0.2) is 23.3 Å². The van der Waals surface area contributed by atoms with Crippen molar-refractivity contribution in [2.75, 3.05) is 14.2 Å². The Morgan fingerprint density at radius 2 is 1.24 bits per heavy atom. The fraction of sp³-hybridized carbons (Fsp3) is 0.667. The van der Waals surface area contributed by atoms with E-state index in [1.54, 1.807) is 0 Å². The topological polar surface area (TPSA) is 80.3 Å². The van der Waals surface area contributed by atoms with Crippen LogP contribution in [0, 0.1) is 23.7 Å². The molecular formula is C18H18O7. The molecular weight excluding hydrogens is 328 g/mol. The molecule has 0 aromatic rings. The van der Waals surface area contributed by atoms with Gasteiger partial charge in [-0.2, -0.15) is 0 Å². The first-order valence-corrected chi connectivity index (χ1v) is 8.71. The molecule has 0 unspecified atom stereocenters. The van der Waals surface area contributed by atoms with E-state index >= 15 is 0 Å². The van der Waals surface area contributed by atoms with Crippen molar-refractivity contribution in [2.45, 2.75) is 36.6 Å². The van der Waals surface area contributed by atoms with Gasteiger partial charge in [-0.3, -0.25) is 0 Å². The Labute approximate surface area is 143 Å². The fourth-order valence-electron chi connectivity index (χ4n) is 6.26. The molecule has 6 aliphatic rings.